The van der Waals surface area contributed by atoms with Gasteiger partial charge in [0.05, 0.1) is 23.9 Å². The van der Waals surface area contributed by atoms with Gasteiger partial charge in [-0.05, 0) is 56.0 Å². The maximum Gasteiger partial charge on any atom is 0.330 e. The fraction of sp³-hybridized carbons (Fsp3) is 0.261. The van der Waals surface area contributed by atoms with E-state index in [2.05, 4.69) is 28.8 Å². The molecular weight excluding hydrogens is 350 g/mol. The van der Waals surface area contributed by atoms with Crippen LogP contribution < -0.4 is 0 Å². The number of hydrogen-bond donors (Lipinski definition) is 0. The molecule has 4 rings (SSSR count). The van der Waals surface area contributed by atoms with Crippen molar-refractivity contribution in [2.24, 2.45) is 0 Å². The molecule has 1 unspecified atom stereocenters. The van der Waals surface area contributed by atoms with E-state index in [9.17, 15) is 10.1 Å². The Bertz CT molecular complexity index is 1130. The van der Waals surface area contributed by atoms with Gasteiger partial charge in [0.25, 0.3) is 0 Å². The van der Waals surface area contributed by atoms with Crippen molar-refractivity contribution >= 4 is 23.1 Å². The molecule has 0 bridgehead atoms. The Balaban J connectivity index is 1.96. The first kappa shape index (κ1) is 18.0. The number of fused-ring (bicyclic) bond motifs is 2. The lowest BCUT2D eigenvalue weighted by molar-refractivity contribution is -0.137. The zero-order valence-electron chi connectivity index (χ0n) is 16.0. The minimum atomic E-state index is -0.417. The second kappa shape index (κ2) is 7.32. The van der Waals surface area contributed by atoms with Crippen LogP contribution in [0.3, 0.4) is 0 Å². The summed E-state index contributed by atoms with van der Waals surface area (Å²) in [5.41, 5.74) is 5.47. The molecule has 0 radical (unpaired) electrons. The Labute approximate surface area is 163 Å². The van der Waals surface area contributed by atoms with Crippen molar-refractivity contribution in [3.63, 3.8) is 0 Å². The normalized spacial score (nSPS) is 15.7. The maximum absolute atomic E-state index is 11.9. The number of esters is 1. The average Bonchev–Trinajstić information content (AvgIpc) is 3.24. The van der Waals surface area contributed by atoms with E-state index in [1.54, 1.807) is 13.0 Å². The Morgan fingerprint density at radius 3 is 2.96 bits per heavy atom. The summed E-state index contributed by atoms with van der Waals surface area (Å²) < 4.78 is 7.13. The largest absolute Gasteiger partial charge is 0.463 e. The molecule has 28 heavy (non-hydrogen) atoms. The maximum atomic E-state index is 11.9. The number of aryl methyl sites for hydroxylation is 2. The zero-order valence-corrected chi connectivity index (χ0v) is 16.0. The standard InChI is InChI=1S/C23H21N3O2/c1-3-28-22(27)13-12-21-19(14-24)18-10-8-15(2)25-23(18)26(21)20-11-9-16-6-4-5-7-17(16)20/h4-8,10,12-13,20H,3,9,11H2,1-2H3. The molecule has 0 aliphatic heterocycles. The van der Waals surface area contributed by atoms with Gasteiger partial charge >= 0.3 is 5.97 Å². The van der Waals surface area contributed by atoms with Gasteiger partial charge in [0, 0.05) is 17.2 Å². The third-order valence-electron chi connectivity index (χ3n) is 5.22. The molecule has 0 spiro atoms. The third kappa shape index (κ3) is 2.97. The van der Waals surface area contributed by atoms with Crippen LogP contribution in [0.2, 0.25) is 0 Å². The van der Waals surface area contributed by atoms with Gasteiger partial charge in [-0.2, -0.15) is 5.26 Å². The molecule has 5 nitrogen and oxygen atoms in total. The summed E-state index contributed by atoms with van der Waals surface area (Å²) in [5.74, 6) is -0.417. The summed E-state index contributed by atoms with van der Waals surface area (Å²) in [7, 11) is 0. The number of ether oxygens (including phenoxy) is 1. The summed E-state index contributed by atoms with van der Waals surface area (Å²) in [6.45, 7) is 4.03. The predicted molar refractivity (Wildman–Crippen MR) is 108 cm³/mol. The Morgan fingerprint density at radius 2 is 2.18 bits per heavy atom. The van der Waals surface area contributed by atoms with Crippen molar-refractivity contribution in [3.8, 4) is 6.07 Å². The van der Waals surface area contributed by atoms with Gasteiger partial charge in [0.2, 0.25) is 0 Å². The highest BCUT2D eigenvalue weighted by Gasteiger charge is 2.29. The minimum absolute atomic E-state index is 0.0805. The van der Waals surface area contributed by atoms with E-state index in [1.165, 1.54) is 17.2 Å². The average molecular weight is 371 g/mol. The Kier molecular flexibility index (Phi) is 4.70. The number of pyridine rings is 1. The summed E-state index contributed by atoms with van der Waals surface area (Å²) in [6, 6.07) is 14.6. The molecule has 1 aromatic carbocycles. The molecule has 0 fully saturated rings. The number of nitrogens with zero attached hydrogens (tertiary/aromatic N) is 3. The van der Waals surface area contributed by atoms with Crippen molar-refractivity contribution in [1.82, 2.24) is 9.55 Å². The third-order valence-corrected chi connectivity index (χ3v) is 5.22. The lowest BCUT2D eigenvalue weighted by Gasteiger charge is -2.18. The highest BCUT2D eigenvalue weighted by Crippen LogP contribution is 2.39. The molecule has 1 atom stereocenters. The van der Waals surface area contributed by atoms with Gasteiger partial charge in [-0.25, -0.2) is 9.78 Å². The van der Waals surface area contributed by atoms with Crippen LogP contribution in [-0.4, -0.2) is 22.1 Å². The summed E-state index contributed by atoms with van der Waals surface area (Å²) in [6.07, 6.45) is 5.00. The molecule has 140 valence electrons. The van der Waals surface area contributed by atoms with Crippen LogP contribution >= 0.6 is 0 Å². The monoisotopic (exact) mass is 371 g/mol. The highest BCUT2D eigenvalue weighted by molar-refractivity contribution is 5.92. The van der Waals surface area contributed by atoms with Gasteiger partial charge in [0.1, 0.15) is 11.7 Å². The molecule has 1 aliphatic carbocycles. The number of aromatic nitrogens is 2. The molecule has 5 heteroatoms. The van der Waals surface area contributed by atoms with E-state index in [0.29, 0.717) is 17.9 Å². The smallest absolute Gasteiger partial charge is 0.330 e. The lowest BCUT2D eigenvalue weighted by Crippen LogP contribution is -2.10. The molecule has 2 heterocycles. The zero-order chi connectivity index (χ0) is 19.7. The molecule has 3 aromatic rings. The fourth-order valence-corrected chi connectivity index (χ4v) is 4.03. The lowest BCUT2D eigenvalue weighted by atomic mass is 10.1. The number of benzene rings is 1. The van der Waals surface area contributed by atoms with Gasteiger partial charge in [-0.3, -0.25) is 0 Å². The first-order chi connectivity index (χ1) is 13.6. The van der Waals surface area contributed by atoms with E-state index in [0.717, 1.165) is 29.6 Å². The topological polar surface area (TPSA) is 67.9 Å². The summed E-state index contributed by atoms with van der Waals surface area (Å²) in [4.78, 5) is 16.6. The summed E-state index contributed by atoms with van der Waals surface area (Å²) in [5, 5.41) is 10.7. The van der Waals surface area contributed by atoms with Gasteiger partial charge in [0.15, 0.2) is 0 Å². The van der Waals surface area contributed by atoms with E-state index in [-0.39, 0.29) is 6.04 Å². The minimum Gasteiger partial charge on any atom is -0.463 e. The molecule has 0 amide bonds. The molecule has 0 saturated carbocycles. The quantitative estimate of drug-likeness (QED) is 0.506. The first-order valence-electron chi connectivity index (χ1n) is 9.48. The predicted octanol–water partition coefficient (Wildman–Crippen LogP) is 4.33. The molecule has 0 saturated heterocycles. The number of carbonyl (C=O) groups excluding carboxylic acids is 1. The number of hydrogen-bond acceptors (Lipinski definition) is 4. The van der Waals surface area contributed by atoms with Crippen molar-refractivity contribution in [2.75, 3.05) is 6.61 Å². The Hall–Kier alpha value is -3.39. The molecule has 0 N–H and O–H groups in total. The number of rotatable bonds is 4. The summed E-state index contributed by atoms with van der Waals surface area (Å²) >= 11 is 0. The van der Waals surface area contributed by atoms with E-state index in [4.69, 9.17) is 9.72 Å². The van der Waals surface area contributed by atoms with Crippen LogP contribution in [0.15, 0.2) is 42.5 Å². The van der Waals surface area contributed by atoms with E-state index in [1.807, 2.05) is 25.1 Å². The molecular formula is C23H21N3O2. The van der Waals surface area contributed by atoms with Gasteiger partial charge < -0.3 is 9.30 Å². The van der Waals surface area contributed by atoms with Crippen LogP contribution in [-0.2, 0) is 16.0 Å². The van der Waals surface area contributed by atoms with Crippen molar-refractivity contribution in [2.45, 2.75) is 32.7 Å². The van der Waals surface area contributed by atoms with Crippen LogP contribution in [0, 0.1) is 18.3 Å². The second-order valence-electron chi connectivity index (χ2n) is 6.90. The molecule has 2 aromatic heterocycles. The fourth-order valence-electron chi connectivity index (χ4n) is 4.03. The van der Waals surface area contributed by atoms with Crippen molar-refractivity contribution in [3.05, 3.63) is 70.6 Å². The number of carbonyl (C=O) groups is 1. The Morgan fingerprint density at radius 1 is 1.36 bits per heavy atom. The molecule has 1 aliphatic rings. The van der Waals surface area contributed by atoms with Crippen molar-refractivity contribution in [1.29, 1.82) is 5.26 Å². The van der Waals surface area contributed by atoms with Crippen LogP contribution in [0.5, 0.6) is 0 Å². The van der Waals surface area contributed by atoms with E-state index >= 15 is 0 Å². The van der Waals surface area contributed by atoms with Crippen LogP contribution in [0.4, 0.5) is 0 Å². The highest BCUT2D eigenvalue weighted by atomic mass is 16.5. The second-order valence-corrected chi connectivity index (χ2v) is 6.90. The van der Waals surface area contributed by atoms with Gasteiger partial charge in [-0.15, -0.1) is 0 Å². The SMILES string of the molecule is CCOC(=O)C=Cc1c(C#N)c2ccc(C)nc2n1C1CCc2ccccc21. The van der Waals surface area contributed by atoms with E-state index < -0.39 is 5.97 Å². The van der Waals surface area contributed by atoms with Crippen molar-refractivity contribution < 1.29 is 9.53 Å². The first-order valence-corrected chi connectivity index (χ1v) is 9.48. The van der Waals surface area contributed by atoms with Crippen LogP contribution in [0.25, 0.3) is 17.1 Å². The number of nitriles is 1. The van der Waals surface area contributed by atoms with Gasteiger partial charge in [-0.1, -0.05) is 24.3 Å². The van der Waals surface area contributed by atoms with Crippen LogP contribution in [0.1, 0.15) is 47.5 Å².